The van der Waals surface area contributed by atoms with Crippen molar-refractivity contribution in [2.45, 2.75) is 25.6 Å². The third-order valence-corrected chi connectivity index (χ3v) is 3.45. The van der Waals surface area contributed by atoms with Gasteiger partial charge in [0.2, 0.25) is 12.0 Å². The molecule has 1 heterocycles. The van der Waals surface area contributed by atoms with Gasteiger partial charge >= 0.3 is 5.97 Å². The average molecular weight is 262 g/mol. The summed E-state index contributed by atoms with van der Waals surface area (Å²) in [5, 5.41) is 10.0. The Morgan fingerprint density at radius 3 is 2.63 bits per heavy atom. The Hall–Kier alpha value is -1.81. The van der Waals surface area contributed by atoms with Gasteiger partial charge in [0.05, 0.1) is 7.11 Å². The Bertz CT molecular complexity index is 466. The van der Waals surface area contributed by atoms with Crippen molar-refractivity contribution in [1.82, 2.24) is 0 Å². The van der Waals surface area contributed by atoms with E-state index in [2.05, 4.69) is 4.74 Å². The minimum Gasteiger partial charge on any atom is -0.463 e. The summed E-state index contributed by atoms with van der Waals surface area (Å²) in [7, 11) is 1.29. The van der Waals surface area contributed by atoms with E-state index < -0.39 is 12.3 Å². The molecule has 0 fully saturated rings. The highest BCUT2D eigenvalue weighted by molar-refractivity contribution is 5.86. The van der Waals surface area contributed by atoms with Crippen molar-refractivity contribution in [3.63, 3.8) is 0 Å². The van der Waals surface area contributed by atoms with Crippen LogP contribution in [0.3, 0.4) is 0 Å². The number of allylic oxidation sites excluding steroid dienone is 1. The molecule has 1 aliphatic heterocycles. The van der Waals surface area contributed by atoms with Crippen molar-refractivity contribution in [3.05, 3.63) is 47.7 Å². The van der Waals surface area contributed by atoms with Gasteiger partial charge in [-0.1, -0.05) is 37.3 Å². The summed E-state index contributed by atoms with van der Waals surface area (Å²) in [6.07, 6.45) is 1.50. The number of hydrogen-bond donors (Lipinski definition) is 1. The van der Waals surface area contributed by atoms with Crippen molar-refractivity contribution in [1.29, 1.82) is 0 Å². The quantitative estimate of drug-likeness (QED) is 0.848. The van der Waals surface area contributed by atoms with E-state index >= 15 is 0 Å². The summed E-state index contributed by atoms with van der Waals surface area (Å²) in [5.74, 6) is -0.608. The summed E-state index contributed by atoms with van der Waals surface area (Å²) < 4.78 is 9.88. The van der Waals surface area contributed by atoms with Gasteiger partial charge in [-0.2, -0.15) is 0 Å². The molecule has 102 valence electrons. The topological polar surface area (TPSA) is 55.8 Å². The predicted octanol–water partition coefficient (Wildman–Crippen LogP) is 2.20. The largest absolute Gasteiger partial charge is 0.463 e. The number of carbonyl (C=O) groups is 1. The van der Waals surface area contributed by atoms with Gasteiger partial charge in [-0.25, -0.2) is 4.79 Å². The zero-order chi connectivity index (χ0) is 13.8. The van der Waals surface area contributed by atoms with E-state index in [0.29, 0.717) is 0 Å². The average Bonchev–Trinajstić information content (AvgIpc) is 2.46. The number of esters is 1. The second-order valence-electron chi connectivity index (χ2n) is 4.54. The molecule has 0 aromatic heterocycles. The van der Waals surface area contributed by atoms with Crippen LogP contribution in [0.15, 0.2) is 42.2 Å². The lowest BCUT2D eigenvalue weighted by molar-refractivity contribution is -0.157. The highest BCUT2D eigenvalue weighted by Crippen LogP contribution is 2.37. The molecule has 0 radical (unpaired) electrons. The number of carbonyl (C=O) groups excluding carboxylic acids is 1. The monoisotopic (exact) mass is 262 g/mol. The van der Waals surface area contributed by atoms with Gasteiger partial charge in [0.25, 0.3) is 0 Å². The van der Waals surface area contributed by atoms with E-state index in [9.17, 15) is 9.90 Å². The second kappa shape index (κ2) is 5.89. The molecule has 0 aliphatic carbocycles. The van der Waals surface area contributed by atoms with E-state index in [1.165, 1.54) is 7.11 Å². The number of methoxy groups -OCH3 is 1. The highest BCUT2D eigenvalue weighted by atomic mass is 16.6. The van der Waals surface area contributed by atoms with Crippen LogP contribution >= 0.6 is 0 Å². The molecule has 4 heteroatoms. The molecule has 1 aliphatic rings. The Morgan fingerprint density at radius 2 is 2.05 bits per heavy atom. The van der Waals surface area contributed by atoms with Crippen LogP contribution in [0.4, 0.5) is 0 Å². The summed E-state index contributed by atoms with van der Waals surface area (Å²) in [5.41, 5.74) is 1.05. The van der Waals surface area contributed by atoms with Gasteiger partial charge in [0.15, 0.2) is 0 Å². The molecular formula is C15H18O4. The smallest absolute Gasteiger partial charge is 0.373 e. The lowest BCUT2D eigenvalue weighted by Crippen LogP contribution is -2.33. The van der Waals surface area contributed by atoms with Crippen molar-refractivity contribution < 1.29 is 19.4 Å². The maximum absolute atomic E-state index is 11.6. The number of aliphatic hydroxyl groups excluding tert-OH is 1. The fourth-order valence-electron chi connectivity index (χ4n) is 2.41. The molecule has 0 spiro atoms. The van der Waals surface area contributed by atoms with E-state index in [4.69, 9.17) is 4.74 Å². The fraction of sp³-hybridized carbons (Fsp3) is 0.400. The van der Waals surface area contributed by atoms with E-state index in [0.717, 1.165) is 12.0 Å². The van der Waals surface area contributed by atoms with Crippen molar-refractivity contribution in [2.75, 3.05) is 7.11 Å². The van der Waals surface area contributed by atoms with E-state index in [-0.39, 0.29) is 17.6 Å². The van der Waals surface area contributed by atoms with Crippen molar-refractivity contribution in [2.24, 2.45) is 5.92 Å². The van der Waals surface area contributed by atoms with Crippen LogP contribution in [0.25, 0.3) is 0 Å². The first-order valence-corrected chi connectivity index (χ1v) is 6.37. The lowest BCUT2D eigenvalue weighted by Gasteiger charge is -2.33. The van der Waals surface area contributed by atoms with Crippen LogP contribution in [-0.2, 0) is 14.3 Å². The van der Waals surface area contributed by atoms with E-state index in [1.54, 1.807) is 6.08 Å². The number of ether oxygens (including phenoxy) is 2. The zero-order valence-electron chi connectivity index (χ0n) is 11.1. The number of benzene rings is 1. The third-order valence-electron chi connectivity index (χ3n) is 3.45. The van der Waals surface area contributed by atoms with Gasteiger partial charge in [-0.15, -0.1) is 0 Å². The first kappa shape index (κ1) is 13.6. The molecule has 2 rings (SSSR count). The molecule has 0 saturated carbocycles. The van der Waals surface area contributed by atoms with Crippen LogP contribution in [0, 0.1) is 5.92 Å². The molecule has 0 bridgehead atoms. The molecular weight excluding hydrogens is 244 g/mol. The van der Waals surface area contributed by atoms with Crippen LogP contribution < -0.4 is 0 Å². The number of hydrogen-bond acceptors (Lipinski definition) is 4. The van der Waals surface area contributed by atoms with Gasteiger partial charge in [-0.3, -0.25) is 0 Å². The number of aliphatic hydroxyl groups is 1. The first-order valence-electron chi connectivity index (χ1n) is 6.37. The Labute approximate surface area is 112 Å². The minimum absolute atomic E-state index is 0.0518. The molecule has 1 aromatic rings. The minimum atomic E-state index is -0.991. The Morgan fingerprint density at radius 1 is 1.37 bits per heavy atom. The molecule has 4 nitrogen and oxygen atoms in total. The van der Waals surface area contributed by atoms with Crippen LogP contribution in [0.5, 0.6) is 0 Å². The van der Waals surface area contributed by atoms with Gasteiger partial charge < -0.3 is 14.6 Å². The summed E-state index contributed by atoms with van der Waals surface area (Å²) in [4.78, 5) is 11.6. The zero-order valence-corrected chi connectivity index (χ0v) is 11.1. The SMILES string of the molecule is CC[C@H]1C(O)OC(C(=O)OC)=C[C@@H]1c1ccccc1. The summed E-state index contributed by atoms with van der Waals surface area (Å²) >= 11 is 0. The summed E-state index contributed by atoms with van der Waals surface area (Å²) in [6.45, 7) is 1.99. The molecule has 1 aromatic carbocycles. The van der Waals surface area contributed by atoms with Crippen molar-refractivity contribution >= 4 is 5.97 Å². The van der Waals surface area contributed by atoms with Gasteiger partial charge in [-0.05, 0) is 18.1 Å². The molecule has 19 heavy (non-hydrogen) atoms. The molecule has 3 atom stereocenters. The van der Waals surface area contributed by atoms with Crippen LogP contribution in [0.1, 0.15) is 24.8 Å². The number of rotatable bonds is 3. The normalized spacial score (nSPS) is 26.3. The fourth-order valence-corrected chi connectivity index (χ4v) is 2.41. The third kappa shape index (κ3) is 2.79. The molecule has 1 unspecified atom stereocenters. The van der Waals surface area contributed by atoms with Crippen LogP contribution in [0.2, 0.25) is 0 Å². The Balaban J connectivity index is 2.38. The van der Waals surface area contributed by atoms with Gasteiger partial charge in [0.1, 0.15) is 0 Å². The lowest BCUT2D eigenvalue weighted by atomic mass is 9.82. The van der Waals surface area contributed by atoms with Crippen molar-refractivity contribution in [3.8, 4) is 0 Å². The maximum atomic E-state index is 11.6. The maximum Gasteiger partial charge on any atom is 0.373 e. The second-order valence-corrected chi connectivity index (χ2v) is 4.54. The standard InChI is InChI=1S/C15H18O4/c1-3-11-12(10-7-5-4-6-8-10)9-13(15(17)18-2)19-14(11)16/h4-9,11-12,14,16H,3H2,1-2H3/t11-,12-,14?/m1/s1. The van der Waals surface area contributed by atoms with Gasteiger partial charge in [0, 0.05) is 11.8 Å². The summed E-state index contributed by atoms with van der Waals surface area (Å²) in [6, 6.07) is 9.78. The highest BCUT2D eigenvalue weighted by Gasteiger charge is 2.35. The van der Waals surface area contributed by atoms with Crippen LogP contribution in [-0.4, -0.2) is 24.5 Å². The predicted molar refractivity (Wildman–Crippen MR) is 70.2 cm³/mol. The molecule has 0 saturated heterocycles. The molecule has 1 N–H and O–H groups in total. The Kier molecular flexibility index (Phi) is 4.22. The molecule has 0 amide bonds. The van der Waals surface area contributed by atoms with E-state index in [1.807, 2.05) is 37.3 Å². The first-order chi connectivity index (χ1) is 9.17.